The summed E-state index contributed by atoms with van der Waals surface area (Å²) in [6.07, 6.45) is 1.84. The molecule has 1 fully saturated rings. The first-order valence-corrected chi connectivity index (χ1v) is 9.22. The third-order valence-electron chi connectivity index (χ3n) is 3.71. The number of rotatable bonds is 2. The number of halogens is 2. The maximum Gasteiger partial charge on any atom is 0.410 e. The van der Waals surface area contributed by atoms with Gasteiger partial charge in [0.25, 0.3) is 0 Å². The molecule has 1 aromatic rings. The first-order chi connectivity index (χ1) is 11.2. The van der Waals surface area contributed by atoms with Gasteiger partial charge in [-0.15, -0.1) is 0 Å². The fraction of sp³-hybridized carbons (Fsp3) is 0.588. The van der Waals surface area contributed by atoms with E-state index in [2.05, 4.69) is 0 Å². The molecule has 0 aromatic heterocycles. The molecule has 1 heterocycles. The van der Waals surface area contributed by atoms with Crippen molar-refractivity contribution in [3.8, 4) is 0 Å². The zero-order valence-electron chi connectivity index (χ0n) is 14.2. The highest BCUT2D eigenvalue weighted by atomic mass is 32.2. The summed E-state index contributed by atoms with van der Waals surface area (Å²) in [6.45, 7) is 6.19. The molecule has 2 atom stereocenters. The SMILES string of the molecule is CC(C)(C)OC(=O)N1CCCCC([S+]([O-])c2ccc(F)c(F)c2)C1. The molecule has 0 radical (unpaired) electrons. The van der Waals surface area contributed by atoms with Crippen LogP contribution in [0, 0.1) is 11.6 Å². The molecule has 2 unspecified atom stereocenters. The highest BCUT2D eigenvalue weighted by Gasteiger charge is 2.33. The molecule has 2 rings (SSSR count). The van der Waals surface area contributed by atoms with Gasteiger partial charge in [0.1, 0.15) is 10.9 Å². The van der Waals surface area contributed by atoms with Crippen LogP contribution in [-0.4, -0.2) is 39.5 Å². The van der Waals surface area contributed by atoms with Gasteiger partial charge in [-0.05, 0) is 63.3 Å². The molecule has 1 aliphatic heterocycles. The maximum atomic E-state index is 13.4. The van der Waals surface area contributed by atoms with Crippen molar-refractivity contribution in [3.05, 3.63) is 29.8 Å². The molecule has 0 aliphatic carbocycles. The van der Waals surface area contributed by atoms with E-state index in [1.165, 1.54) is 6.07 Å². The molecule has 1 amide bonds. The van der Waals surface area contributed by atoms with E-state index in [1.54, 1.807) is 25.7 Å². The molecule has 134 valence electrons. The minimum absolute atomic E-state index is 0.241. The molecule has 7 heteroatoms. The Balaban J connectivity index is 2.11. The van der Waals surface area contributed by atoms with Crippen LogP contribution < -0.4 is 0 Å². The first-order valence-electron chi connectivity index (χ1n) is 8.01. The summed E-state index contributed by atoms with van der Waals surface area (Å²) in [4.78, 5) is 14.1. The summed E-state index contributed by atoms with van der Waals surface area (Å²) in [6, 6.07) is 3.27. The molecule has 0 saturated carbocycles. The van der Waals surface area contributed by atoms with Crippen LogP contribution in [0.4, 0.5) is 13.6 Å². The largest absolute Gasteiger partial charge is 0.611 e. The Kier molecular flexibility index (Phi) is 6.09. The van der Waals surface area contributed by atoms with Gasteiger partial charge in [-0.2, -0.15) is 0 Å². The lowest BCUT2D eigenvalue weighted by atomic mass is 10.2. The van der Waals surface area contributed by atoms with Crippen molar-refractivity contribution in [2.45, 2.75) is 55.8 Å². The van der Waals surface area contributed by atoms with Crippen LogP contribution in [-0.2, 0) is 15.9 Å². The standard InChI is InChI=1S/C17H23F2NO3S/c1-17(2,3)23-16(21)20-9-5-4-6-13(11-20)24(22)12-7-8-14(18)15(19)10-12/h7-8,10,13H,4-6,9,11H2,1-3H3. The minimum atomic E-state index is -1.52. The quantitative estimate of drug-likeness (QED) is 0.754. The predicted molar refractivity (Wildman–Crippen MR) is 88.2 cm³/mol. The maximum absolute atomic E-state index is 13.4. The number of amides is 1. The van der Waals surface area contributed by atoms with E-state index < -0.39 is 34.5 Å². The van der Waals surface area contributed by atoms with Crippen LogP contribution in [0.5, 0.6) is 0 Å². The van der Waals surface area contributed by atoms with Crippen LogP contribution in [0.3, 0.4) is 0 Å². The van der Waals surface area contributed by atoms with Gasteiger partial charge in [-0.25, -0.2) is 13.6 Å². The van der Waals surface area contributed by atoms with Gasteiger partial charge in [0.05, 0.1) is 6.54 Å². The molecular formula is C17H23F2NO3S. The minimum Gasteiger partial charge on any atom is -0.611 e. The summed E-state index contributed by atoms with van der Waals surface area (Å²) in [5, 5.41) is -0.329. The van der Waals surface area contributed by atoms with E-state index in [9.17, 15) is 18.1 Å². The van der Waals surface area contributed by atoms with E-state index in [0.717, 1.165) is 25.0 Å². The van der Waals surface area contributed by atoms with Crippen molar-refractivity contribution in [1.29, 1.82) is 0 Å². The van der Waals surface area contributed by atoms with Crippen molar-refractivity contribution in [1.82, 2.24) is 4.90 Å². The topological polar surface area (TPSA) is 52.6 Å². The Labute approximate surface area is 144 Å². The number of carbonyl (C=O) groups excluding carboxylic acids is 1. The normalized spacial score (nSPS) is 20.4. The highest BCUT2D eigenvalue weighted by molar-refractivity contribution is 7.92. The van der Waals surface area contributed by atoms with Gasteiger partial charge in [0.15, 0.2) is 16.5 Å². The molecular weight excluding hydrogens is 336 g/mol. The Bertz CT molecular complexity index is 592. The molecule has 1 aromatic carbocycles. The van der Waals surface area contributed by atoms with Gasteiger partial charge in [0.2, 0.25) is 0 Å². The van der Waals surface area contributed by atoms with E-state index in [-0.39, 0.29) is 16.7 Å². The number of carbonyl (C=O) groups is 1. The van der Waals surface area contributed by atoms with Gasteiger partial charge in [-0.1, -0.05) is 0 Å². The number of nitrogens with zero attached hydrogens (tertiary/aromatic N) is 1. The lowest BCUT2D eigenvalue weighted by Crippen LogP contribution is -2.42. The molecule has 0 bridgehead atoms. The Morgan fingerprint density at radius 1 is 1.29 bits per heavy atom. The monoisotopic (exact) mass is 359 g/mol. The predicted octanol–water partition coefficient (Wildman–Crippen LogP) is 3.86. The summed E-state index contributed by atoms with van der Waals surface area (Å²) in [5.74, 6) is -1.98. The second-order valence-corrected chi connectivity index (χ2v) is 8.65. The molecule has 24 heavy (non-hydrogen) atoms. The first kappa shape index (κ1) is 19.0. The fourth-order valence-corrected chi connectivity index (χ4v) is 4.07. The Morgan fingerprint density at radius 3 is 2.62 bits per heavy atom. The number of ether oxygens (including phenoxy) is 1. The van der Waals surface area contributed by atoms with Crippen molar-refractivity contribution >= 4 is 17.3 Å². The average Bonchev–Trinajstić information content (AvgIpc) is 2.73. The second kappa shape index (κ2) is 7.70. The van der Waals surface area contributed by atoms with Crippen molar-refractivity contribution in [2.24, 2.45) is 0 Å². The number of likely N-dealkylation sites (tertiary alicyclic amines) is 1. The van der Waals surface area contributed by atoms with E-state index in [0.29, 0.717) is 13.0 Å². The molecule has 1 saturated heterocycles. The summed E-state index contributed by atoms with van der Waals surface area (Å²) in [7, 11) is 0. The number of hydrogen-bond donors (Lipinski definition) is 0. The van der Waals surface area contributed by atoms with Gasteiger partial charge in [-0.3, -0.25) is 0 Å². The summed E-state index contributed by atoms with van der Waals surface area (Å²) < 4.78 is 44.5. The molecule has 1 aliphatic rings. The fourth-order valence-electron chi connectivity index (χ4n) is 2.56. The third-order valence-corrected chi connectivity index (χ3v) is 5.41. The molecule has 0 spiro atoms. The zero-order chi connectivity index (χ0) is 17.9. The summed E-state index contributed by atoms with van der Waals surface area (Å²) in [5.41, 5.74) is -0.599. The molecule has 0 N–H and O–H groups in total. The second-order valence-electron chi connectivity index (χ2n) is 6.92. The Morgan fingerprint density at radius 2 is 2.00 bits per heavy atom. The Hall–Kier alpha value is -1.34. The van der Waals surface area contributed by atoms with Crippen molar-refractivity contribution < 1.29 is 22.9 Å². The number of hydrogen-bond acceptors (Lipinski definition) is 3. The average molecular weight is 359 g/mol. The van der Waals surface area contributed by atoms with Gasteiger partial charge < -0.3 is 14.2 Å². The van der Waals surface area contributed by atoms with Crippen molar-refractivity contribution in [2.75, 3.05) is 13.1 Å². The summed E-state index contributed by atoms with van der Waals surface area (Å²) >= 11 is -1.52. The van der Waals surface area contributed by atoms with E-state index in [4.69, 9.17) is 4.74 Å². The van der Waals surface area contributed by atoms with Gasteiger partial charge in [0, 0.05) is 12.6 Å². The van der Waals surface area contributed by atoms with Crippen LogP contribution >= 0.6 is 0 Å². The highest BCUT2D eigenvalue weighted by Crippen LogP contribution is 2.25. The number of benzene rings is 1. The van der Waals surface area contributed by atoms with Gasteiger partial charge >= 0.3 is 6.09 Å². The van der Waals surface area contributed by atoms with Crippen LogP contribution in [0.1, 0.15) is 40.0 Å². The zero-order valence-corrected chi connectivity index (χ0v) is 15.0. The lowest BCUT2D eigenvalue weighted by molar-refractivity contribution is 0.0258. The van der Waals surface area contributed by atoms with E-state index >= 15 is 0 Å². The van der Waals surface area contributed by atoms with E-state index in [1.807, 2.05) is 0 Å². The smallest absolute Gasteiger partial charge is 0.410 e. The lowest BCUT2D eigenvalue weighted by Gasteiger charge is -2.28. The molecule has 4 nitrogen and oxygen atoms in total. The third kappa shape index (κ3) is 5.08. The van der Waals surface area contributed by atoms with Crippen LogP contribution in [0.25, 0.3) is 0 Å². The van der Waals surface area contributed by atoms with Crippen LogP contribution in [0.15, 0.2) is 23.1 Å². The van der Waals surface area contributed by atoms with Crippen LogP contribution in [0.2, 0.25) is 0 Å². The van der Waals surface area contributed by atoms with Crippen molar-refractivity contribution in [3.63, 3.8) is 0 Å².